The molecule has 2 fully saturated rings. The normalized spacial score (nSPS) is 33.6. The number of nitrogens with two attached hydrogens (primary N) is 1. The number of hydrogen-bond donors (Lipinski definition) is 1. The monoisotopic (exact) mass is 245 g/mol. The molecule has 0 aliphatic heterocycles. The minimum absolute atomic E-state index is 0.0390. The van der Waals surface area contributed by atoms with E-state index in [0.717, 1.165) is 5.75 Å². The zero-order valence-corrected chi connectivity index (χ0v) is 10.6. The predicted octanol–water partition coefficient (Wildman–Crippen LogP) is 2.31. The third-order valence-electron chi connectivity index (χ3n) is 4.75. The first-order chi connectivity index (χ1) is 8.70. The summed E-state index contributed by atoms with van der Waals surface area (Å²) in [5.41, 5.74) is 6.85. The van der Waals surface area contributed by atoms with Crippen LogP contribution >= 0.6 is 0 Å². The lowest BCUT2D eigenvalue weighted by molar-refractivity contribution is -0.123. The highest BCUT2D eigenvalue weighted by Gasteiger charge is 2.50. The maximum absolute atomic E-state index is 11.7. The third-order valence-corrected chi connectivity index (χ3v) is 4.75. The van der Waals surface area contributed by atoms with Crippen molar-refractivity contribution in [1.29, 1.82) is 0 Å². The Morgan fingerprint density at radius 3 is 2.50 bits per heavy atom. The van der Waals surface area contributed by atoms with Crippen molar-refractivity contribution in [3.63, 3.8) is 0 Å². The van der Waals surface area contributed by atoms with Crippen molar-refractivity contribution < 1.29 is 9.53 Å². The summed E-state index contributed by atoms with van der Waals surface area (Å²) < 4.78 is 5.18. The van der Waals surface area contributed by atoms with Crippen molar-refractivity contribution >= 4 is 5.91 Å². The van der Waals surface area contributed by atoms with Gasteiger partial charge in [-0.25, -0.2) is 0 Å². The number of rotatable bonds is 3. The van der Waals surface area contributed by atoms with Gasteiger partial charge in [-0.15, -0.1) is 0 Å². The van der Waals surface area contributed by atoms with Gasteiger partial charge in [0.1, 0.15) is 5.75 Å². The Morgan fingerprint density at radius 2 is 1.89 bits per heavy atom. The van der Waals surface area contributed by atoms with Crippen LogP contribution in [0, 0.1) is 17.8 Å². The first-order valence-corrected chi connectivity index (χ1v) is 6.64. The van der Waals surface area contributed by atoms with Crippen LogP contribution in [0.25, 0.3) is 0 Å². The summed E-state index contributed by atoms with van der Waals surface area (Å²) in [6, 6.07) is 8.11. The van der Waals surface area contributed by atoms with Gasteiger partial charge in [-0.3, -0.25) is 4.79 Å². The molecular weight excluding hydrogens is 226 g/mol. The fourth-order valence-corrected chi connectivity index (χ4v) is 4.01. The van der Waals surface area contributed by atoms with Gasteiger partial charge in [0.15, 0.2) is 0 Å². The van der Waals surface area contributed by atoms with Gasteiger partial charge in [-0.2, -0.15) is 0 Å². The van der Waals surface area contributed by atoms with Crippen molar-refractivity contribution in [2.24, 2.45) is 23.5 Å². The summed E-state index contributed by atoms with van der Waals surface area (Å²) in [6.45, 7) is 0. The molecule has 2 aliphatic carbocycles. The second-order valence-corrected chi connectivity index (χ2v) is 5.56. The summed E-state index contributed by atoms with van der Waals surface area (Å²) in [5, 5.41) is 0. The van der Waals surface area contributed by atoms with Crippen LogP contribution in [0.2, 0.25) is 0 Å². The average molecular weight is 245 g/mol. The van der Waals surface area contributed by atoms with Gasteiger partial charge in [0.25, 0.3) is 0 Å². The summed E-state index contributed by atoms with van der Waals surface area (Å²) >= 11 is 0. The van der Waals surface area contributed by atoms with E-state index in [9.17, 15) is 4.79 Å². The van der Waals surface area contributed by atoms with E-state index in [-0.39, 0.29) is 11.8 Å². The summed E-state index contributed by atoms with van der Waals surface area (Å²) in [5.74, 6) is 2.25. The average Bonchev–Trinajstić information content (AvgIpc) is 2.99. The second-order valence-electron chi connectivity index (χ2n) is 5.56. The van der Waals surface area contributed by atoms with Crippen LogP contribution in [0.3, 0.4) is 0 Å². The minimum Gasteiger partial charge on any atom is -0.497 e. The molecular formula is C15H19NO2. The van der Waals surface area contributed by atoms with E-state index in [2.05, 4.69) is 12.1 Å². The lowest BCUT2D eigenvalue weighted by Gasteiger charge is -2.29. The van der Waals surface area contributed by atoms with Gasteiger partial charge in [-0.05, 0) is 54.7 Å². The molecule has 2 bridgehead atoms. The molecule has 0 radical (unpaired) electrons. The third kappa shape index (κ3) is 1.69. The van der Waals surface area contributed by atoms with Gasteiger partial charge < -0.3 is 10.5 Å². The second kappa shape index (κ2) is 4.30. The van der Waals surface area contributed by atoms with Crippen molar-refractivity contribution in [1.82, 2.24) is 0 Å². The highest BCUT2D eigenvalue weighted by molar-refractivity contribution is 5.79. The van der Waals surface area contributed by atoms with Crippen LogP contribution in [0.1, 0.15) is 30.7 Å². The zero-order valence-electron chi connectivity index (χ0n) is 10.6. The van der Waals surface area contributed by atoms with E-state index in [1.165, 1.54) is 24.8 Å². The van der Waals surface area contributed by atoms with Crippen LogP contribution in [-0.4, -0.2) is 13.0 Å². The molecule has 4 atom stereocenters. The van der Waals surface area contributed by atoms with Crippen molar-refractivity contribution in [3.8, 4) is 5.75 Å². The van der Waals surface area contributed by atoms with E-state index in [4.69, 9.17) is 10.5 Å². The summed E-state index contributed by atoms with van der Waals surface area (Å²) in [6.07, 6.45) is 3.58. The molecule has 2 aliphatic rings. The Kier molecular flexibility index (Phi) is 2.77. The number of hydrogen-bond acceptors (Lipinski definition) is 2. The molecule has 0 saturated heterocycles. The Morgan fingerprint density at radius 1 is 1.22 bits per heavy atom. The SMILES string of the molecule is COc1ccc([C@@H]2[C@H]3CC[C@H](C3)[C@H]2C(N)=O)cc1. The van der Waals surface area contributed by atoms with Crippen molar-refractivity contribution in [2.45, 2.75) is 25.2 Å². The molecule has 0 spiro atoms. The molecule has 3 nitrogen and oxygen atoms in total. The summed E-state index contributed by atoms with van der Waals surface area (Å²) in [4.78, 5) is 11.7. The number of ether oxygens (including phenoxy) is 1. The van der Waals surface area contributed by atoms with E-state index in [0.29, 0.717) is 17.8 Å². The van der Waals surface area contributed by atoms with E-state index < -0.39 is 0 Å². The Balaban J connectivity index is 1.91. The Bertz CT molecular complexity index is 454. The molecule has 96 valence electrons. The van der Waals surface area contributed by atoms with E-state index >= 15 is 0 Å². The van der Waals surface area contributed by atoms with Gasteiger partial charge >= 0.3 is 0 Å². The maximum Gasteiger partial charge on any atom is 0.221 e. The molecule has 3 heteroatoms. The number of benzene rings is 1. The predicted molar refractivity (Wildman–Crippen MR) is 69.3 cm³/mol. The molecule has 2 saturated carbocycles. The Hall–Kier alpha value is -1.51. The van der Waals surface area contributed by atoms with Crippen molar-refractivity contribution in [2.75, 3.05) is 7.11 Å². The highest BCUT2D eigenvalue weighted by atomic mass is 16.5. The number of primary amides is 1. The summed E-state index contributed by atoms with van der Waals surface area (Å²) in [7, 11) is 1.67. The number of carbonyl (C=O) groups is 1. The van der Waals surface area contributed by atoms with Gasteiger partial charge in [0.05, 0.1) is 7.11 Å². The quantitative estimate of drug-likeness (QED) is 0.888. The number of amides is 1. The topological polar surface area (TPSA) is 52.3 Å². The van der Waals surface area contributed by atoms with Crippen LogP contribution in [0.15, 0.2) is 24.3 Å². The number of fused-ring (bicyclic) bond motifs is 2. The lowest BCUT2D eigenvalue weighted by atomic mass is 9.75. The molecule has 3 rings (SSSR count). The molecule has 1 amide bonds. The Labute approximate surface area is 107 Å². The zero-order chi connectivity index (χ0) is 12.7. The van der Waals surface area contributed by atoms with Crippen LogP contribution in [0.4, 0.5) is 0 Å². The van der Waals surface area contributed by atoms with Crippen LogP contribution < -0.4 is 10.5 Å². The molecule has 0 unspecified atom stereocenters. The first kappa shape index (κ1) is 11.6. The van der Waals surface area contributed by atoms with Crippen molar-refractivity contribution in [3.05, 3.63) is 29.8 Å². The molecule has 0 aromatic heterocycles. The maximum atomic E-state index is 11.7. The largest absolute Gasteiger partial charge is 0.497 e. The van der Waals surface area contributed by atoms with Gasteiger partial charge in [-0.1, -0.05) is 12.1 Å². The molecule has 1 aromatic rings. The van der Waals surface area contributed by atoms with E-state index in [1.807, 2.05) is 12.1 Å². The van der Waals surface area contributed by atoms with Crippen LogP contribution in [-0.2, 0) is 4.79 Å². The standard InChI is InChI=1S/C15H19NO2/c1-18-12-6-4-9(5-7-12)13-10-2-3-11(8-10)14(13)15(16)17/h4-7,10-11,13-14H,2-3,8H2,1H3,(H2,16,17)/t10-,11+,13+,14+/m0/s1. The number of methoxy groups -OCH3 is 1. The lowest BCUT2D eigenvalue weighted by Crippen LogP contribution is -2.33. The first-order valence-electron chi connectivity index (χ1n) is 6.64. The molecule has 0 heterocycles. The smallest absolute Gasteiger partial charge is 0.221 e. The minimum atomic E-state index is -0.122. The number of carbonyl (C=O) groups excluding carboxylic acids is 1. The highest BCUT2D eigenvalue weighted by Crippen LogP contribution is 2.56. The molecule has 2 N–H and O–H groups in total. The van der Waals surface area contributed by atoms with Gasteiger partial charge in [0, 0.05) is 5.92 Å². The molecule has 1 aromatic carbocycles. The van der Waals surface area contributed by atoms with Gasteiger partial charge in [0.2, 0.25) is 5.91 Å². The molecule has 18 heavy (non-hydrogen) atoms. The van der Waals surface area contributed by atoms with Crippen LogP contribution in [0.5, 0.6) is 5.75 Å². The fraction of sp³-hybridized carbons (Fsp3) is 0.533. The van der Waals surface area contributed by atoms with E-state index in [1.54, 1.807) is 7.11 Å². The fourth-order valence-electron chi connectivity index (χ4n) is 4.01.